The molecule has 2 rings (SSSR count). The van der Waals surface area contributed by atoms with Crippen LogP contribution in [0.5, 0.6) is 11.6 Å². The van der Waals surface area contributed by atoms with Gasteiger partial charge in [0.1, 0.15) is 10.9 Å². The number of pyridine rings is 1. The van der Waals surface area contributed by atoms with Gasteiger partial charge in [0.2, 0.25) is 5.88 Å². The average molecular weight is 290 g/mol. The fraction of sp³-hybridized carbons (Fsp3) is 0. The van der Waals surface area contributed by atoms with Crippen LogP contribution in [0.3, 0.4) is 0 Å². The number of hydrogen-bond acceptors (Lipinski definition) is 3. The van der Waals surface area contributed by atoms with Gasteiger partial charge in [0.25, 0.3) is 0 Å². The van der Waals surface area contributed by atoms with Gasteiger partial charge in [-0.1, -0.05) is 34.8 Å². The van der Waals surface area contributed by atoms with E-state index < -0.39 is 0 Å². The number of nitrogens with zero attached hydrogens (tertiary/aromatic N) is 1. The Bertz CT molecular complexity index is 540. The lowest BCUT2D eigenvalue weighted by atomic mass is 10.3. The first kappa shape index (κ1) is 12.3. The molecule has 3 nitrogen and oxygen atoms in total. The van der Waals surface area contributed by atoms with Gasteiger partial charge >= 0.3 is 0 Å². The van der Waals surface area contributed by atoms with Crippen molar-refractivity contribution in [2.75, 3.05) is 5.73 Å². The second-order valence-electron chi connectivity index (χ2n) is 3.24. The quantitative estimate of drug-likeness (QED) is 0.833. The number of nitrogens with two attached hydrogens (primary N) is 1. The van der Waals surface area contributed by atoms with Gasteiger partial charge in [-0.2, -0.15) is 0 Å². The number of benzene rings is 1. The number of ether oxygens (including phenoxy) is 1. The fourth-order valence-corrected chi connectivity index (χ4v) is 1.87. The highest BCUT2D eigenvalue weighted by Crippen LogP contribution is 2.31. The zero-order chi connectivity index (χ0) is 12.4. The van der Waals surface area contributed by atoms with Crippen LogP contribution in [0.2, 0.25) is 15.2 Å². The molecule has 0 bridgehead atoms. The molecule has 2 N–H and O–H groups in total. The third-order valence-corrected chi connectivity index (χ3v) is 2.63. The Morgan fingerprint density at radius 3 is 2.47 bits per heavy atom. The van der Waals surface area contributed by atoms with Gasteiger partial charge in [-0.15, -0.1) is 0 Å². The molecule has 1 aromatic heterocycles. The molecular formula is C11H7Cl3N2O. The third kappa shape index (κ3) is 3.16. The molecule has 1 heterocycles. The monoisotopic (exact) mass is 288 g/mol. The smallest absolute Gasteiger partial charge is 0.222 e. The maximum atomic E-state index is 5.96. The summed E-state index contributed by atoms with van der Waals surface area (Å²) in [5.74, 6) is 0.712. The summed E-state index contributed by atoms with van der Waals surface area (Å²) < 4.78 is 5.46. The van der Waals surface area contributed by atoms with Crippen LogP contribution in [0.15, 0.2) is 30.3 Å². The highest BCUT2D eigenvalue weighted by molar-refractivity contribution is 6.35. The Morgan fingerprint density at radius 1 is 1.06 bits per heavy atom. The molecule has 88 valence electrons. The molecule has 0 aliphatic carbocycles. The Hall–Kier alpha value is -1.16. The summed E-state index contributed by atoms with van der Waals surface area (Å²) in [4.78, 5) is 3.96. The molecule has 0 amide bonds. The first-order chi connectivity index (χ1) is 8.04. The lowest BCUT2D eigenvalue weighted by Gasteiger charge is -2.07. The number of anilines is 1. The van der Waals surface area contributed by atoms with E-state index in [-0.39, 0.29) is 11.0 Å². The summed E-state index contributed by atoms with van der Waals surface area (Å²) in [6, 6.07) is 7.96. The van der Waals surface area contributed by atoms with Crippen molar-refractivity contribution in [1.29, 1.82) is 0 Å². The lowest BCUT2D eigenvalue weighted by Crippen LogP contribution is -1.92. The van der Waals surface area contributed by atoms with E-state index in [1.807, 2.05) is 0 Å². The van der Waals surface area contributed by atoms with Gasteiger partial charge in [-0.3, -0.25) is 0 Å². The molecule has 2 aromatic rings. The van der Waals surface area contributed by atoms with Crippen molar-refractivity contribution in [2.45, 2.75) is 0 Å². The molecule has 0 radical (unpaired) electrons. The Morgan fingerprint density at radius 2 is 1.82 bits per heavy atom. The summed E-state index contributed by atoms with van der Waals surface area (Å²) in [6.07, 6.45) is 0. The molecule has 0 aliphatic rings. The molecule has 17 heavy (non-hydrogen) atoms. The van der Waals surface area contributed by atoms with Crippen LogP contribution in [0.1, 0.15) is 0 Å². The average Bonchev–Trinajstić information content (AvgIpc) is 2.21. The predicted molar refractivity (Wildman–Crippen MR) is 70.2 cm³/mol. The van der Waals surface area contributed by atoms with Crippen LogP contribution < -0.4 is 10.5 Å². The second kappa shape index (κ2) is 5.00. The number of rotatable bonds is 2. The molecular weight excluding hydrogens is 282 g/mol. The van der Waals surface area contributed by atoms with E-state index in [1.54, 1.807) is 24.3 Å². The maximum absolute atomic E-state index is 5.96. The molecule has 0 saturated carbocycles. The minimum Gasteiger partial charge on any atom is -0.437 e. The number of halogens is 3. The van der Waals surface area contributed by atoms with Gasteiger partial charge < -0.3 is 10.5 Å². The van der Waals surface area contributed by atoms with Crippen molar-refractivity contribution >= 4 is 40.5 Å². The first-order valence-corrected chi connectivity index (χ1v) is 5.74. The SMILES string of the molecule is Nc1cc(Cl)nc(Oc2ccc(Cl)cc2Cl)c1. The summed E-state index contributed by atoms with van der Waals surface area (Å²) in [5.41, 5.74) is 6.08. The Kier molecular flexibility index (Phi) is 3.62. The number of nitrogen functional groups attached to an aromatic ring is 1. The highest BCUT2D eigenvalue weighted by atomic mass is 35.5. The molecule has 0 atom stereocenters. The predicted octanol–water partition coefficient (Wildman–Crippen LogP) is 4.42. The van der Waals surface area contributed by atoms with E-state index >= 15 is 0 Å². The molecule has 0 unspecified atom stereocenters. The van der Waals surface area contributed by atoms with E-state index in [2.05, 4.69) is 4.98 Å². The van der Waals surface area contributed by atoms with E-state index in [0.717, 1.165) is 0 Å². The normalized spacial score (nSPS) is 10.3. The zero-order valence-corrected chi connectivity index (χ0v) is 10.7. The van der Waals surface area contributed by atoms with Crippen molar-refractivity contribution in [1.82, 2.24) is 4.98 Å². The summed E-state index contributed by atoms with van der Waals surface area (Å²) in [6.45, 7) is 0. The number of hydrogen-bond donors (Lipinski definition) is 1. The van der Waals surface area contributed by atoms with E-state index in [4.69, 9.17) is 45.3 Å². The Balaban J connectivity index is 2.31. The van der Waals surface area contributed by atoms with E-state index in [9.17, 15) is 0 Å². The van der Waals surface area contributed by atoms with Gasteiger partial charge in [0, 0.05) is 16.8 Å². The standard InChI is InChI=1S/C11H7Cl3N2O/c12-6-1-2-9(8(13)3-6)17-11-5-7(15)4-10(14)16-11/h1-5H,(H2,15,16). The van der Waals surface area contributed by atoms with Crippen molar-refractivity contribution in [3.8, 4) is 11.6 Å². The molecule has 6 heteroatoms. The molecule has 0 fully saturated rings. The van der Waals surface area contributed by atoms with Gasteiger partial charge in [-0.05, 0) is 24.3 Å². The van der Waals surface area contributed by atoms with Crippen LogP contribution in [-0.4, -0.2) is 4.98 Å². The van der Waals surface area contributed by atoms with Gasteiger partial charge in [-0.25, -0.2) is 4.98 Å². The first-order valence-electron chi connectivity index (χ1n) is 4.60. The summed E-state index contributed by atoms with van der Waals surface area (Å²) in [5, 5.41) is 1.17. The topological polar surface area (TPSA) is 48.1 Å². The van der Waals surface area contributed by atoms with Crippen molar-refractivity contribution in [2.24, 2.45) is 0 Å². The van der Waals surface area contributed by atoms with E-state index in [0.29, 0.717) is 21.5 Å². The van der Waals surface area contributed by atoms with Gasteiger partial charge in [0.15, 0.2) is 0 Å². The summed E-state index contributed by atoms with van der Waals surface area (Å²) in [7, 11) is 0. The zero-order valence-electron chi connectivity index (χ0n) is 8.45. The van der Waals surface area contributed by atoms with Crippen molar-refractivity contribution < 1.29 is 4.74 Å². The van der Waals surface area contributed by atoms with Crippen LogP contribution in [0.25, 0.3) is 0 Å². The molecule has 1 aromatic carbocycles. The van der Waals surface area contributed by atoms with Crippen molar-refractivity contribution in [3.63, 3.8) is 0 Å². The van der Waals surface area contributed by atoms with Crippen LogP contribution in [-0.2, 0) is 0 Å². The third-order valence-electron chi connectivity index (χ3n) is 1.90. The van der Waals surface area contributed by atoms with Crippen LogP contribution in [0, 0.1) is 0 Å². The minimum absolute atomic E-state index is 0.255. The number of aromatic nitrogens is 1. The molecule has 0 aliphatic heterocycles. The maximum Gasteiger partial charge on any atom is 0.222 e. The lowest BCUT2D eigenvalue weighted by molar-refractivity contribution is 0.463. The van der Waals surface area contributed by atoms with Crippen molar-refractivity contribution in [3.05, 3.63) is 45.5 Å². The fourth-order valence-electron chi connectivity index (χ4n) is 1.21. The minimum atomic E-state index is 0.255. The van der Waals surface area contributed by atoms with Gasteiger partial charge in [0.05, 0.1) is 5.02 Å². The van der Waals surface area contributed by atoms with E-state index in [1.165, 1.54) is 6.07 Å². The van der Waals surface area contributed by atoms with Crippen LogP contribution >= 0.6 is 34.8 Å². The highest BCUT2D eigenvalue weighted by Gasteiger charge is 2.06. The van der Waals surface area contributed by atoms with Crippen LogP contribution in [0.4, 0.5) is 5.69 Å². The molecule has 0 spiro atoms. The Labute approximate surface area is 113 Å². The largest absolute Gasteiger partial charge is 0.437 e. The second-order valence-corrected chi connectivity index (χ2v) is 4.47. The molecule has 0 saturated heterocycles. The summed E-state index contributed by atoms with van der Waals surface area (Å²) >= 11 is 17.5.